The van der Waals surface area contributed by atoms with Crippen LogP contribution in [0.5, 0.6) is 0 Å². The number of benzene rings is 1. The molecule has 1 saturated carbocycles. The number of imidazole rings is 1. The Morgan fingerprint density at radius 3 is 2.81 bits per heavy atom. The standard InChI is InChI=1S/C27H32FN5O3/c1-31-23-8-16-6-7-32(14-19(29)12-28)26(34)20(16)11-21(23)30-25(31)24-9-17-4-5-18(27(35)36)10-22(17)33(24)13-15-2-3-15/h4-5,8,10-11,15-16,19-20,24H,2-3,6-7,9,12-14,29H2,1H3,(H,35,36)/t16?,19-,20?,24?/m1/s1. The van der Waals surface area contributed by atoms with Gasteiger partial charge in [0.25, 0.3) is 0 Å². The van der Waals surface area contributed by atoms with E-state index in [1.54, 1.807) is 17.0 Å². The highest BCUT2D eigenvalue weighted by atomic mass is 19.1. The number of carboxylic acid groups (broad SMARTS) is 1. The molecule has 3 unspecified atom stereocenters. The van der Waals surface area contributed by atoms with E-state index in [9.17, 15) is 19.1 Å². The van der Waals surface area contributed by atoms with Gasteiger partial charge in [0.2, 0.25) is 5.91 Å². The van der Waals surface area contributed by atoms with Crippen LogP contribution >= 0.6 is 0 Å². The van der Waals surface area contributed by atoms with E-state index in [0.717, 1.165) is 47.2 Å². The molecule has 1 amide bonds. The predicted octanol–water partition coefficient (Wildman–Crippen LogP) is 0.968. The summed E-state index contributed by atoms with van der Waals surface area (Å²) in [5, 5.41) is 11.4. The summed E-state index contributed by atoms with van der Waals surface area (Å²) in [4.78, 5) is 33.9. The van der Waals surface area contributed by atoms with Crippen molar-refractivity contribution in [2.24, 2.45) is 30.5 Å². The van der Waals surface area contributed by atoms with Crippen LogP contribution in [-0.2, 0) is 18.3 Å². The lowest BCUT2D eigenvalue weighted by Gasteiger charge is -2.37. The lowest BCUT2D eigenvalue weighted by Crippen LogP contribution is -2.51. The zero-order valence-electron chi connectivity index (χ0n) is 20.4. The number of carbonyl (C=O) groups excluding carboxylic acids is 1. The van der Waals surface area contributed by atoms with Crippen molar-refractivity contribution in [1.29, 1.82) is 0 Å². The number of aromatic carboxylic acids is 1. The fourth-order valence-corrected chi connectivity index (χ4v) is 6.08. The zero-order chi connectivity index (χ0) is 25.1. The number of nitrogens with zero attached hydrogens (tertiary/aromatic N) is 4. The van der Waals surface area contributed by atoms with E-state index in [2.05, 4.69) is 15.5 Å². The summed E-state index contributed by atoms with van der Waals surface area (Å²) in [5.41, 5.74) is 8.21. The maximum Gasteiger partial charge on any atom is 0.335 e. The van der Waals surface area contributed by atoms with Crippen LogP contribution in [0.2, 0.25) is 0 Å². The molecule has 3 heterocycles. The van der Waals surface area contributed by atoms with Gasteiger partial charge in [0.15, 0.2) is 0 Å². The molecular weight excluding hydrogens is 461 g/mol. The first kappa shape index (κ1) is 23.2. The van der Waals surface area contributed by atoms with Crippen LogP contribution in [0.25, 0.3) is 12.2 Å². The lowest BCUT2D eigenvalue weighted by atomic mass is 9.82. The van der Waals surface area contributed by atoms with Crippen molar-refractivity contribution in [3.8, 4) is 0 Å². The third kappa shape index (κ3) is 3.89. The monoisotopic (exact) mass is 493 g/mol. The van der Waals surface area contributed by atoms with E-state index in [-0.39, 0.29) is 30.3 Å². The van der Waals surface area contributed by atoms with Crippen molar-refractivity contribution in [2.45, 2.75) is 37.8 Å². The van der Waals surface area contributed by atoms with Crippen LogP contribution < -0.4 is 21.3 Å². The number of rotatable bonds is 7. The number of halogens is 1. The van der Waals surface area contributed by atoms with Gasteiger partial charge in [-0.05, 0) is 54.9 Å². The van der Waals surface area contributed by atoms with Crippen LogP contribution in [0.3, 0.4) is 0 Å². The lowest BCUT2D eigenvalue weighted by molar-refractivity contribution is -0.137. The summed E-state index contributed by atoms with van der Waals surface area (Å²) in [6.45, 7) is 1.06. The van der Waals surface area contributed by atoms with E-state index < -0.39 is 18.7 Å². The number of alkyl halides is 1. The molecule has 9 heteroatoms. The molecule has 8 nitrogen and oxygen atoms in total. The SMILES string of the molecule is Cn1c(C2Cc3ccc(C(=O)O)cc3N2CC2CC2)nc2c1=CC1CCN(C[C@H](N)CF)C(=O)C1C=2. The summed E-state index contributed by atoms with van der Waals surface area (Å²) in [6, 6.07) is 4.77. The summed E-state index contributed by atoms with van der Waals surface area (Å²) in [7, 11) is 2.03. The fourth-order valence-electron chi connectivity index (χ4n) is 6.08. The number of nitrogens with two attached hydrogens (primary N) is 1. The second-order valence-electron chi connectivity index (χ2n) is 10.8. The van der Waals surface area contributed by atoms with Crippen LogP contribution in [-0.4, -0.2) is 63.8 Å². The van der Waals surface area contributed by atoms with Crippen LogP contribution in [0.15, 0.2) is 18.2 Å². The van der Waals surface area contributed by atoms with Gasteiger partial charge >= 0.3 is 5.97 Å². The van der Waals surface area contributed by atoms with Gasteiger partial charge in [-0.2, -0.15) is 0 Å². The molecule has 36 heavy (non-hydrogen) atoms. The smallest absolute Gasteiger partial charge is 0.335 e. The predicted molar refractivity (Wildman–Crippen MR) is 133 cm³/mol. The van der Waals surface area contributed by atoms with Crippen molar-refractivity contribution in [3.63, 3.8) is 0 Å². The maximum atomic E-state index is 13.2. The number of hydrogen-bond acceptors (Lipinski definition) is 5. The number of hydrogen-bond donors (Lipinski definition) is 2. The Balaban J connectivity index is 1.35. The quantitative estimate of drug-likeness (QED) is 0.596. The highest BCUT2D eigenvalue weighted by molar-refractivity contribution is 5.89. The van der Waals surface area contributed by atoms with Crippen LogP contribution in [0, 0.1) is 17.8 Å². The molecule has 0 radical (unpaired) electrons. The second kappa shape index (κ2) is 8.73. The number of amides is 1. The number of anilines is 1. The molecule has 190 valence electrons. The molecule has 3 N–H and O–H groups in total. The molecule has 1 aromatic carbocycles. The molecule has 2 aliphatic carbocycles. The van der Waals surface area contributed by atoms with Crippen LogP contribution in [0.4, 0.5) is 10.1 Å². The maximum absolute atomic E-state index is 13.2. The van der Waals surface area contributed by atoms with E-state index in [1.165, 1.54) is 12.8 Å². The molecule has 0 bridgehead atoms. The highest BCUT2D eigenvalue weighted by Gasteiger charge is 2.39. The second-order valence-corrected chi connectivity index (χ2v) is 10.8. The minimum absolute atomic E-state index is 0.00548. The third-order valence-electron chi connectivity index (χ3n) is 8.24. The average molecular weight is 494 g/mol. The molecular formula is C27H32FN5O3. The first-order valence-electron chi connectivity index (χ1n) is 12.8. The molecule has 1 aromatic heterocycles. The van der Waals surface area contributed by atoms with Gasteiger partial charge in [-0.1, -0.05) is 12.1 Å². The number of aromatic nitrogens is 2. The molecule has 0 spiro atoms. The summed E-state index contributed by atoms with van der Waals surface area (Å²) in [6.07, 6.45) is 8.14. The summed E-state index contributed by atoms with van der Waals surface area (Å²) in [5.74, 6) is 0.424. The Morgan fingerprint density at radius 1 is 1.28 bits per heavy atom. The zero-order valence-corrected chi connectivity index (χ0v) is 20.4. The van der Waals surface area contributed by atoms with E-state index in [0.29, 0.717) is 18.0 Å². The number of carbonyl (C=O) groups is 2. The van der Waals surface area contributed by atoms with Crippen molar-refractivity contribution in [3.05, 3.63) is 45.8 Å². The molecule has 2 aromatic rings. The van der Waals surface area contributed by atoms with Gasteiger partial charge < -0.3 is 25.2 Å². The normalized spacial score (nSPS) is 25.5. The van der Waals surface area contributed by atoms with Crippen molar-refractivity contribution < 1.29 is 19.1 Å². The molecule has 2 fully saturated rings. The molecule has 6 rings (SSSR count). The molecule has 2 aliphatic heterocycles. The minimum Gasteiger partial charge on any atom is -0.478 e. The highest BCUT2D eigenvalue weighted by Crippen LogP contribution is 2.43. The Morgan fingerprint density at radius 2 is 2.08 bits per heavy atom. The van der Waals surface area contributed by atoms with E-state index in [1.807, 2.05) is 19.2 Å². The van der Waals surface area contributed by atoms with Crippen molar-refractivity contribution in [2.75, 3.05) is 31.2 Å². The molecule has 1 saturated heterocycles. The summed E-state index contributed by atoms with van der Waals surface area (Å²) < 4.78 is 15.1. The van der Waals surface area contributed by atoms with E-state index >= 15 is 0 Å². The molecule has 4 aliphatic rings. The minimum atomic E-state index is -0.918. The van der Waals surface area contributed by atoms with Gasteiger partial charge in [-0.15, -0.1) is 0 Å². The largest absolute Gasteiger partial charge is 0.478 e. The number of likely N-dealkylation sites (tertiary alicyclic amines) is 1. The molecule has 4 atom stereocenters. The fraction of sp³-hybridized carbons (Fsp3) is 0.519. The van der Waals surface area contributed by atoms with E-state index in [4.69, 9.17) is 10.7 Å². The number of piperidine rings is 1. The van der Waals surface area contributed by atoms with Crippen LogP contribution in [0.1, 0.15) is 47.1 Å². The number of carboxylic acids is 1. The first-order chi connectivity index (χ1) is 17.3. The van der Waals surface area contributed by atoms with Gasteiger partial charge in [-0.3, -0.25) is 4.79 Å². The Labute approximate surface area is 208 Å². The van der Waals surface area contributed by atoms with Crippen molar-refractivity contribution >= 4 is 29.7 Å². The number of fused-ring (bicyclic) bond motifs is 3. The van der Waals surface area contributed by atoms with Gasteiger partial charge in [0.1, 0.15) is 12.5 Å². The first-order valence-corrected chi connectivity index (χ1v) is 12.8. The average Bonchev–Trinajstić information content (AvgIpc) is 3.55. The van der Waals surface area contributed by atoms with Crippen molar-refractivity contribution in [1.82, 2.24) is 14.5 Å². The van der Waals surface area contributed by atoms with Gasteiger partial charge in [0, 0.05) is 38.8 Å². The van der Waals surface area contributed by atoms with Gasteiger partial charge in [0.05, 0.1) is 34.3 Å². The third-order valence-corrected chi connectivity index (χ3v) is 8.24. The van der Waals surface area contributed by atoms with Gasteiger partial charge in [-0.25, -0.2) is 14.2 Å². The Hall–Kier alpha value is -3.20. The Bertz CT molecular complexity index is 1350. The summed E-state index contributed by atoms with van der Waals surface area (Å²) >= 11 is 0. The topological polar surface area (TPSA) is 105 Å². The Kier molecular flexibility index (Phi) is 5.63.